The number of allylic oxidation sites excluding steroid dienone is 3. The maximum atomic E-state index is 13.7. The molecule has 11 heteroatoms. The molecule has 2 heterocycles. The molecule has 2 aliphatic heterocycles. The van der Waals surface area contributed by atoms with Gasteiger partial charge in [-0.3, -0.25) is 28.8 Å². The maximum Gasteiger partial charge on any atom is 0.309 e. The highest BCUT2D eigenvalue weighted by molar-refractivity contribution is 6.27. The van der Waals surface area contributed by atoms with E-state index in [2.05, 4.69) is 24.5 Å². The van der Waals surface area contributed by atoms with E-state index in [0.717, 1.165) is 26.2 Å². The molecule has 2 N–H and O–H groups in total. The fourth-order valence-electron chi connectivity index (χ4n) is 9.36. The summed E-state index contributed by atoms with van der Waals surface area (Å²) in [5.41, 5.74) is -0.332. The lowest BCUT2D eigenvalue weighted by molar-refractivity contribution is -0.157. The Kier molecular flexibility index (Phi) is 10.2. The van der Waals surface area contributed by atoms with Gasteiger partial charge in [-0.1, -0.05) is 32.4 Å². The zero-order valence-electron chi connectivity index (χ0n) is 27.3. The van der Waals surface area contributed by atoms with Crippen molar-refractivity contribution >= 4 is 35.4 Å². The number of carbonyl (C=O) groups is 6. The smallest absolute Gasteiger partial charge is 0.309 e. The number of Topliss-reactive ketones (excluding diaryl/α,β-unsaturated/α-hetero) is 1. The van der Waals surface area contributed by atoms with Crippen molar-refractivity contribution in [1.29, 1.82) is 0 Å². The van der Waals surface area contributed by atoms with Crippen LogP contribution < -0.4 is 10.6 Å². The molecule has 0 radical (unpaired) electrons. The second-order valence-corrected chi connectivity index (χ2v) is 13.7. The summed E-state index contributed by atoms with van der Waals surface area (Å²) in [5, 5.41) is 5.58. The molecule has 1 amide bonds. The third kappa shape index (κ3) is 6.83. The Bertz CT molecular complexity index is 1370. The highest BCUT2D eigenvalue weighted by Crippen LogP contribution is 2.63. The van der Waals surface area contributed by atoms with Gasteiger partial charge in [-0.05, 0) is 79.3 Å². The molecule has 0 saturated heterocycles. The van der Waals surface area contributed by atoms with Gasteiger partial charge in [0.15, 0.2) is 11.6 Å². The van der Waals surface area contributed by atoms with Gasteiger partial charge in [-0.25, -0.2) is 0 Å². The molecule has 46 heavy (non-hydrogen) atoms. The van der Waals surface area contributed by atoms with Gasteiger partial charge < -0.3 is 24.8 Å². The molecule has 3 fully saturated rings. The van der Waals surface area contributed by atoms with Crippen LogP contribution in [0.4, 0.5) is 0 Å². The molecule has 0 aromatic heterocycles. The second-order valence-electron chi connectivity index (χ2n) is 13.7. The molecule has 0 aromatic carbocycles. The van der Waals surface area contributed by atoms with Crippen LogP contribution in [0.5, 0.6) is 0 Å². The molecule has 5 rings (SSSR count). The van der Waals surface area contributed by atoms with Crippen molar-refractivity contribution in [2.24, 2.45) is 47.3 Å². The molecule has 11 nitrogen and oxygen atoms in total. The number of ketones is 2. The zero-order valence-corrected chi connectivity index (χ0v) is 27.3. The van der Waals surface area contributed by atoms with Crippen molar-refractivity contribution < 1.29 is 43.0 Å². The molecule has 0 spiro atoms. The van der Waals surface area contributed by atoms with Gasteiger partial charge in [0.1, 0.15) is 23.8 Å². The predicted molar refractivity (Wildman–Crippen MR) is 165 cm³/mol. The standard InChI is InChI=1S/C35H46N2O9/c1-6-21-14-23-15-25-24-8-7-9-29(42)36-13-12-27(44-18(3)38)33-34(43)32(35(37-33)46-20(5)40)26(41)11-10-22(24)16-28(45-19(4)39)31(25)30(23)17(21)2/h7,9-11,17,21-25,27-28,30-31,33,37H,6,8,12-16H2,1-5H3,(H,36,42)/b9-7-,11-10+/t17-,21-,22+,23+,24-,25+,27?,28-,30+,31-,33?/m0/s1. The third-order valence-electron chi connectivity index (χ3n) is 11.0. The van der Waals surface area contributed by atoms with Crippen LogP contribution in [0.2, 0.25) is 0 Å². The van der Waals surface area contributed by atoms with Gasteiger partial charge in [0, 0.05) is 39.7 Å². The number of hydrogen-bond acceptors (Lipinski definition) is 10. The summed E-state index contributed by atoms with van der Waals surface area (Å²) >= 11 is 0. The molecular weight excluding hydrogens is 592 g/mol. The molecule has 11 atom stereocenters. The number of amides is 1. The maximum absolute atomic E-state index is 13.7. The lowest BCUT2D eigenvalue weighted by Gasteiger charge is -2.46. The predicted octanol–water partition coefficient (Wildman–Crippen LogP) is 3.33. The van der Waals surface area contributed by atoms with E-state index in [1.807, 2.05) is 6.08 Å². The number of hydrogen-bond donors (Lipinski definition) is 2. The highest BCUT2D eigenvalue weighted by Gasteiger charge is 2.59. The summed E-state index contributed by atoms with van der Waals surface area (Å²) in [6.07, 6.45) is 9.64. The van der Waals surface area contributed by atoms with E-state index >= 15 is 0 Å². The normalized spacial score (nSPS) is 38.9. The van der Waals surface area contributed by atoms with E-state index in [1.54, 1.807) is 6.08 Å². The van der Waals surface area contributed by atoms with Crippen LogP contribution in [0.25, 0.3) is 0 Å². The highest BCUT2D eigenvalue weighted by atomic mass is 16.6. The molecule has 3 saturated carbocycles. The number of nitrogens with one attached hydrogen (secondary N) is 2. The topological polar surface area (TPSA) is 154 Å². The van der Waals surface area contributed by atoms with E-state index in [1.165, 1.54) is 26.0 Å². The van der Waals surface area contributed by atoms with Crippen LogP contribution in [0, 0.1) is 47.3 Å². The van der Waals surface area contributed by atoms with Crippen LogP contribution in [0.1, 0.15) is 73.1 Å². The Balaban J connectivity index is 1.51. The molecule has 2 bridgehead atoms. The van der Waals surface area contributed by atoms with Crippen LogP contribution in [0.15, 0.2) is 35.8 Å². The summed E-state index contributed by atoms with van der Waals surface area (Å²) in [5.74, 6) is -1.16. The fraction of sp³-hybridized carbons (Fsp3) is 0.657. The lowest BCUT2D eigenvalue weighted by atomic mass is 9.62. The average molecular weight is 639 g/mol. The third-order valence-corrected chi connectivity index (χ3v) is 11.0. The molecule has 2 unspecified atom stereocenters. The van der Waals surface area contributed by atoms with Gasteiger partial charge in [0.2, 0.25) is 11.8 Å². The van der Waals surface area contributed by atoms with E-state index < -0.39 is 35.7 Å². The number of rotatable bonds is 4. The Morgan fingerprint density at radius 2 is 1.61 bits per heavy atom. The molecule has 250 valence electrons. The number of ether oxygens (including phenoxy) is 3. The monoisotopic (exact) mass is 638 g/mol. The lowest BCUT2D eigenvalue weighted by Crippen LogP contribution is -2.45. The van der Waals surface area contributed by atoms with Crippen LogP contribution in [-0.4, -0.2) is 60.2 Å². The Hall–Kier alpha value is -3.76. The van der Waals surface area contributed by atoms with Crippen molar-refractivity contribution in [3.05, 3.63) is 35.8 Å². The minimum absolute atomic E-state index is 0.0797. The van der Waals surface area contributed by atoms with Gasteiger partial charge in [0.25, 0.3) is 0 Å². The van der Waals surface area contributed by atoms with Crippen molar-refractivity contribution in [2.45, 2.75) is 91.4 Å². The summed E-state index contributed by atoms with van der Waals surface area (Å²) < 4.78 is 16.7. The van der Waals surface area contributed by atoms with Crippen LogP contribution in [-0.2, 0) is 43.0 Å². The van der Waals surface area contributed by atoms with Crippen molar-refractivity contribution in [2.75, 3.05) is 6.54 Å². The summed E-state index contributed by atoms with van der Waals surface area (Å²) in [6.45, 7) is 8.46. The molecule has 0 aromatic rings. The first kappa shape index (κ1) is 33.6. The van der Waals surface area contributed by atoms with Crippen LogP contribution in [0.3, 0.4) is 0 Å². The minimum atomic E-state index is -1.19. The molecule has 5 aliphatic rings. The average Bonchev–Trinajstić information content (AvgIpc) is 3.61. The Labute approximate surface area is 269 Å². The zero-order chi connectivity index (χ0) is 33.3. The van der Waals surface area contributed by atoms with Gasteiger partial charge >= 0.3 is 17.9 Å². The van der Waals surface area contributed by atoms with E-state index in [4.69, 9.17) is 14.2 Å². The van der Waals surface area contributed by atoms with E-state index in [0.29, 0.717) is 36.5 Å². The largest absolute Gasteiger partial charge is 0.462 e. The first-order chi connectivity index (χ1) is 21.9. The van der Waals surface area contributed by atoms with E-state index in [-0.39, 0.29) is 66.1 Å². The number of carbonyl (C=O) groups excluding carboxylic acids is 6. The fourth-order valence-corrected chi connectivity index (χ4v) is 9.36. The Morgan fingerprint density at radius 3 is 2.28 bits per heavy atom. The number of fused-ring (bicyclic) bond motifs is 7. The SMILES string of the molecule is CC[C@H]1C[C@@H]2C[C@@H]3[C@H]4C/C=C\C(=O)NCCC(OC(C)=O)C5NC(OC(C)=O)=C(C(=O)/C=C/[C@@H]4C[C@H](OC(C)=O)[C@H]3[C@@H]2[C@H]1C)C5=O. The quantitative estimate of drug-likeness (QED) is 0.266. The van der Waals surface area contributed by atoms with Gasteiger partial charge in [-0.15, -0.1) is 0 Å². The minimum Gasteiger partial charge on any atom is -0.462 e. The van der Waals surface area contributed by atoms with Gasteiger partial charge in [-0.2, -0.15) is 0 Å². The molecule has 3 aliphatic carbocycles. The van der Waals surface area contributed by atoms with E-state index in [9.17, 15) is 28.8 Å². The number of esters is 3. The molecular formula is C35H46N2O9. The first-order valence-electron chi connectivity index (χ1n) is 16.6. The first-order valence-corrected chi connectivity index (χ1v) is 16.6. The Morgan fingerprint density at radius 1 is 0.891 bits per heavy atom. The van der Waals surface area contributed by atoms with Crippen molar-refractivity contribution in [1.82, 2.24) is 10.6 Å². The van der Waals surface area contributed by atoms with Crippen molar-refractivity contribution in [3.63, 3.8) is 0 Å². The van der Waals surface area contributed by atoms with Crippen molar-refractivity contribution in [3.8, 4) is 0 Å². The second kappa shape index (κ2) is 13.9. The summed E-state index contributed by atoms with van der Waals surface area (Å²) in [6, 6.07) is -1.19. The summed E-state index contributed by atoms with van der Waals surface area (Å²) in [7, 11) is 0. The van der Waals surface area contributed by atoms with Crippen LogP contribution >= 0.6 is 0 Å². The van der Waals surface area contributed by atoms with Gasteiger partial charge in [0.05, 0.1) is 0 Å². The summed E-state index contributed by atoms with van der Waals surface area (Å²) in [4.78, 5) is 76.3.